The largest absolute Gasteiger partial charge is 0.325 e. The molecule has 0 radical (unpaired) electrons. The first-order valence-electron chi connectivity index (χ1n) is 6.68. The number of amides is 1. The summed E-state index contributed by atoms with van der Waals surface area (Å²) in [6.07, 6.45) is 5.90. The molecule has 3 rings (SSSR count). The first-order chi connectivity index (χ1) is 9.71. The number of halogens is 1. The number of carbonyl (C=O) groups excluding carboxylic acids is 1. The van der Waals surface area contributed by atoms with E-state index >= 15 is 0 Å². The van der Waals surface area contributed by atoms with Gasteiger partial charge in [0.2, 0.25) is 5.91 Å². The zero-order valence-corrected chi connectivity index (χ0v) is 11.0. The highest BCUT2D eigenvalue weighted by Gasteiger charge is 2.45. The third-order valence-corrected chi connectivity index (χ3v) is 3.98. The number of rotatable bonds is 3. The minimum Gasteiger partial charge on any atom is -0.325 e. The maximum atomic E-state index is 13.0. The van der Waals surface area contributed by atoms with Crippen LogP contribution in [0.3, 0.4) is 0 Å². The van der Waals surface area contributed by atoms with Gasteiger partial charge in [-0.15, -0.1) is 0 Å². The van der Waals surface area contributed by atoms with Crippen LogP contribution in [0.5, 0.6) is 0 Å². The van der Waals surface area contributed by atoms with Crippen LogP contribution in [0.2, 0.25) is 0 Å². The zero-order valence-electron chi connectivity index (χ0n) is 11.0. The molecule has 0 aliphatic heterocycles. The van der Waals surface area contributed by atoms with Crippen molar-refractivity contribution < 1.29 is 9.18 Å². The van der Waals surface area contributed by atoms with Gasteiger partial charge in [-0.1, -0.05) is 18.6 Å². The number of carbonyl (C=O) groups is 1. The normalized spacial score (nSPS) is 16.2. The summed E-state index contributed by atoms with van der Waals surface area (Å²) in [6.45, 7) is 0. The molecule has 0 spiro atoms. The Morgan fingerprint density at radius 2 is 1.75 bits per heavy atom. The molecule has 1 amide bonds. The number of pyridine rings is 1. The van der Waals surface area contributed by atoms with E-state index in [0.29, 0.717) is 0 Å². The van der Waals surface area contributed by atoms with Crippen molar-refractivity contribution >= 4 is 11.6 Å². The lowest BCUT2D eigenvalue weighted by Gasteiger charge is -2.40. The van der Waals surface area contributed by atoms with Crippen LogP contribution < -0.4 is 5.32 Å². The Bertz CT molecular complexity index is 606. The van der Waals surface area contributed by atoms with E-state index in [9.17, 15) is 9.18 Å². The van der Waals surface area contributed by atoms with Crippen LogP contribution in [0, 0.1) is 5.82 Å². The third kappa shape index (κ3) is 2.18. The van der Waals surface area contributed by atoms with Crippen LogP contribution in [0.25, 0.3) is 0 Å². The molecule has 3 nitrogen and oxygen atoms in total. The molecule has 1 heterocycles. The van der Waals surface area contributed by atoms with Crippen molar-refractivity contribution in [2.75, 3.05) is 5.32 Å². The van der Waals surface area contributed by atoms with Crippen molar-refractivity contribution in [3.05, 3.63) is 60.2 Å². The summed E-state index contributed by atoms with van der Waals surface area (Å²) in [4.78, 5) is 16.5. The van der Waals surface area contributed by atoms with Crippen molar-refractivity contribution in [2.24, 2.45) is 0 Å². The monoisotopic (exact) mass is 270 g/mol. The third-order valence-electron chi connectivity index (χ3n) is 3.98. The predicted molar refractivity (Wildman–Crippen MR) is 74.8 cm³/mol. The van der Waals surface area contributed by atoms with Gasteiger partial charge in [0, 0.05) is 18.1 Å². The van der Waals surface area contributed by atoms with E-state index < -0.39 is 5.41 Å². The molecule has 1 fully saturated rings. The quantitative estimate of drug-likeness (QED) is 0.930. The fourth-order valence-electron chi connectivity index (χ4n) is 2.63. The molecule has 20 heavy (non-hydrogen) atoms. The molecule has 0 unspecified atom stereocenters. The summed E-state index contributed by atoms with van der Waals surface area (Å²) in [5.41, 5.74) is 1.10. The maximum absolute atomic E-state index is 13.0. The minimum absolute atomic E-state index is 0.0263. The van der Waals surface area contributed by atoms with Gasteiger partial charge >= 0.3 is 0 Å². The van der Waals surface area contributed by atoms with Crippen molar-refractivity contribution in [1.82, 2.24) is 4.98 Å². The standard InChI is InChI=1S/C16H15FN2O/c17-13-4-2-12(3-5-13)16(8-1-9-16)15(20)19-14-6-10-18-11-7-14/h2-7,10-11H,1,8-9H2,(H,18,19,20). The number of hydrogen-bond donors (Lipinski definition) is 1. The Kier molecular flexibility index (Phi) is 3.22. The van der Waals surface area contributed by atoms with E-state index in [0.717, 1.165) is 30.5 Å². The van der Waals surface area contributed by atoms with Crippen molar-refractivity contribution in [3.63, 3.8) is 0 Å². The van der Waals surface area contributed by atoms with Gasteiger partial charge in [0.05, 0.1) is 5.41 Å². The molecule has 1 aromatic carbocycles. The Labute approximate surface area is 116 Å². The number of benzene rings is 1. The number of nitrogens with one attached hydrogen (secondary N) is 1. The summed E-state index contributed by atoms with van der Waals surface area (Å²) in [5, 5.41) is 2.93. The fraction of sp³-hybridized carbons (Fsp3) is 0.250. The first-order valence-corrected chi connectivity index (χ1v) is 6.68. The summed E-state index contributed by atoms with van der Waals surface area (Å²) in [6, 6.07) is 9.76. The zero-order chi connectivity index (χ0) is 14.0. The molecular weight excluding hydrogens is 255 g/mol. The maximum Gasteiger partial charge on any atom is 0.235 e. The fourth-order valence-corrected chi connectivity index (χ4v) is 2.63. The molecule has 1 aliphatic carbocycles. The minimum atomic E-state index is -0.517. The predicted octanol–water partition coefficient (Wildman–Crippen LogP) is 3.28. The van der Waals surface area contributed by atoms with E-state index in [4.69, 9.17) is 0 Å². The molecule has 1 aromatic heterocycles. The highest BCUT2D eigenvalue weighted by Crippen LogP contribution is 2.44. The van der Waals surface area contributed by atoms with Crippen LogP contribution in [0.15, 0.2) is 48.8 Å². The lowest BCUT2D eigenvalue weighted by atomic mass is 9.64. The molecule has 0 bridgehead atoms. The van der Waals surface area contributed by atoms with E-state index in [2.05, 4.69) is 10.3 Å². The van der Waals surface area contributed by atoms with Crippen molar-refractivity contribution in [3.8, 4) is 0 Å². The number of hydrogen-bond acceptors (Lipinski definition) is 2. The molecule has 4 heteroatoms. The van der Waals surface area contributed by atoms with E-state index in [1.807, 2.05) is 0 Å². The summed E-state index contributed by atoms with van der Waals surface area (Å²) in [7, 11) is 0. The van der Waals surface area contributed by atoms with Gasteiger partial charge in [0.25, 0.3) is 0 Å². The summed E-state index contributed by atoms with van der Waals surface area (Å²) >= 11 is 0. The average Bonchev–Trinajstić information content (AvgIpc) is 2.41. The lowest BCUT2D eigenvalue weighted by Crippen LogP contribution is -2.46. The van der Waals surface area contributed by atoms with Crippen molar-refractivity contribution in [1.29, 1.82) is 0 Å². The van der Waals surface area contributed by atoms with E-state index in [-0.39, 0.29) is 11.7 Å². The van der Waals surface area contributed by atoms with Gasteiger partial charge < -0.3 is 5.32 Å². The topological polar surface area (TPSA) is 42.0 Å². The second-order valence-corrected chi connectivity index (χ2v) is 5.13. The van der Waals surface area contributed by atoms with Gasteiger partial charge in [-0.2, -0.15) is 0 Å². The van der Waals surface area contributed by atoms with Gasteiger partial charge in [0.1, 0.15) is 5.82 Å². The van der Waals surface area contributed by atoms with Crippen LogP contribution in [0.1, 0.15) is 24.8 Å². The highest BCUT2D eigenvalue weighted by molar-refractivity contribution is 5.99. The average molecular weight is 270 g/mol. The molecule has 0 saturated heterocycles. The number of nitrogens with zero attached hydrogens (tertiary/aromatic N) is 1. The second-order valence-electron chi connectivity index (χ2n) is 5.13. The second kappa shape index (κ2) is 5.04. The van der Waals surface area contributed by atoms with Crippen molar-refractivity contribution in [2.45, 2.75) is 24.7 Å². The van der Waals surface area contributed by atoms with Gasteiger partial charge in [-0.25, -0.2) is 4.39 Å². The van der Waals surface area contributed by atoms with Gasteiger partial charge in [-0.3, -0.25) is 9.78 Å². The van der Waals surface area contributed by atoms with Gasteiger partial charge in [-0.05, 0) is 42.7 Å². The molecule has 102 valence electrons. The molecule has 2 aromatic rings. The summed E-state index contributed by atoms with van der Waals surface area (Å²) < 4.78 is 13.0. The van der Waals surface area contributed by atoms with Crippen LogP contribution in [-0.4, -0.2) is 10.9 Å². The number of anilines is 1. The first kappa shape index (κ1) is 12.8. The Hall–Kier alpha value is -2.23. The smallest absolute Gasteiger partial charge is 0.235 e. The summed E-state index contributed by atoms with van der Waals surface area (Å²) in [5.74, 6) is -0.306. The molecule has 0 atom stereocenters. The Morgan fingerprint density at radius 1 is 1.10 bits per heavy atom. The van der Waals surface area contributed by atoms with Gasteiger partial charge in [0.15, 0.2) is 0 Å². The highest BCUT2D eigenvalue weighted by atomic mass is 19.1. The molecule has 1 N–H and O–H groups in total. The van der Waals surface area contributed by atoms with E-state index in [1.54, 1.807) is 36.7 Å². The molecular formula is C16H15FN2O. The molecule has 1 saturated carbocycles. The lowest BCUT2D eigenvalue weighted by molar-refractivity contribution is -0.124. The van der Waals surface area contributed by atoms with Crippen LogP contribution in [-0.2, 0) is 10.2 Å². The van der Waals surface area contributed by atoms with Crippen LogP contribution in [0.4, 0.5) is 10.1 Å². The van der Waals surface area contributed by atoms with E-state index in [1.165, 1.54) is 12.1 Å². The number of aromatic nitrogens is 1. The van der Waals surface area contributed by atoms with Crippen LogP contribution >= 0.6 is 0 Å². The SMILES string of the molecule is O=C(Nc1ccncc1)C1(c2ccc(F)cc2)CCC1. The molecule has 1 aliphatic rings. The Balaban J connectivity index is 1.85. The Morgan fingerprint density at radius 3 is 2.30 bits per heavy atom.